The third kappa shape index (κ3) is 5.26. The van der Waals surface area contributed by atoms with E-state index in [1.807, 2.05) is 23.1 Å². The molecule has 2 aromatic rings. The number of anilines is 1. The first-order valence-corrected chi connectivity index (χ1v) is 11.6. The van der Waals surface area contributed by atoms with Gasteiger partial charge in [-0.2, -0.15) is 18.3 Å². The summed E-state index contributed by atoms with van der Waals surface area (Å²) in [5, 5.41) is 13.1. The lowest BCUT2D eigenvalue weighted by Crippen LogP contribution is -2.49. The predicted molar refractivity (Wildman–Crippen MR) is 124 cm³/mol. The molecule has 1 saturated carbocycles. The van der Waals surface area contributed by atoms with Crippen LogP contribution in [0, 0.1) is 5.41 Å². The van der Waals surface area contributed by atoms with Crippen LogP contribution in [-0.4, -0.2) is 46.6 Å². The Kier molecular flexibility index (Phi) is 6.12. The third-order valence-electron chi connectivity index (χ3n) is 7.05. The van der Waals surface area contributed by atoms with Crippen LogP contribution in [0.3, 0.4) is 0 Å². The number of alkyl halides is 3. The molecule has 1 spiro atoms. The van der Waals surface area contributed by atoms with Crippen LogP contribution in [0.15, 0.2) is 66.5 Å². The molecule has 1 aromatic carbocycles. The molecule has 3 aliphatic rings. The Labute approximate surface area is 201 Å². The molecule has 2 aliphatic heterocycles. The molecular weight excluding hydrogens is 459 g/mol. The molecule has 1 saturated heterocycles. The van der Waals surface area contributed by atoms with Crippen LogP contribution in [0.2, 0.25) is 0 Å². The van der Waals surface area contributed by atoms with E-state index in [9.17, 15) is 18.0 Å². The first-order valence-electron chi connectivity index (χ1n) is 11.6. The maximum Gasteiger partial charge on any atom is 0.417 e. The van der Waals surface area contributed by atoms with E-state index in [-0.39, 0.29) is 11.4 Å². The van der Waals surface area contributed by atoms with Gasteiger partial charge in [0, 0.05) is 25.5 Å². The van der Waals surface area contributed by atoms with E-state index < -0.39 is 18.0 Å². The molecule has 2 fully saturated rings. The topological polar surface area (TPSA) is 79.4 Å². The number of aromatic nitrogens is 2. The van der Waals surface area contributed by atoms with Crippen LogP contribution >= 0.6 is 0 Å². The van der Waals surface area contributed by atoms with Crippen LogP contribution in [-0.2, 0) is 0 Å². The van der Waals surface area contributed by atoms with Crippen molar-refractivity contribution in [2.24, 2.45) is 5.41 Å². The minimum absolute atomic E-state index is 0.149. The number of nitrogens with one attached hydrogen (secondary N) is 2. The molecule has 2 N–H and O–H groups in total. The predicted octanol–water partition coefficient (Wildman–Crippen LogP) is 4.98. The first kappa shape index (κ1) is 23.2. The fraction of sp³-hybridized carbons (Fsp3) is 0.400. The van der Waals surface area contributed by atoms with Crippen molar-refractivity contribution in [2.75, 3.05) is 18.4 Å². The van der Waals surface area contributed by atoms with Gasteiger partial charge in [-0.3, -0.25) is 5.32 Å². The summed E-state index contributed by atoms with van der Waals surface area (Å²) in [4.78, 5) is 14.3. The van der Waals surface area contributed by atoms with Crippen LogP contribution in [0.1, 0.15) is 37.2 Å². The molecule has 2 amide bonds. The van der Waals surface area contributed by atoms with Crippen LogP contribution < -0.4 is 15.4 Å². The summed E-state index contributed by atoms with van der Waals surface area (Å²) in [6.07, 6.45) is 3.86. The van der Waals surface area contributed by atoms with Gasteiger partial charge in [0.05, 0.1) is 5.57 Å². The molecule has 7 nitrogen and oxygen atoms in total. The second-order valence-electron chi connectivity index (χ2n) is 9.37. The van der Waals surface area contributed by atoms with Crippen LogP contribution in [0.25, 0.3) is 0 Å². The summed E-state index contributed by atoms with van der Waals surface area (Å²) in [5.41, 5.74) is 0.683. The minimum atomic E-state index is -4.38. The number of piperidine rings is 1. The average molecular weight is 486 g/mol. The Morgan fingerprint density at radius 1 is 1.17 bits per heavy atom. The largest absolute Gasteiger partial charge is 0.467 e. The van der Waals surface area contributed by atoms with E-state index in [4.69, 9.17) is 4.74 Å². The number of nitrogens with zero attached hydrogens (tertiary/aromatic N) is 3. The smallest absolute Gasteiger partial charge is 0.417 e. The van der Waals surface area contributed by atoms with Crippen molar-refractivity contribution in [3.63, 3.8) is 0 Å². The number of rotatable bonds is 4. The van der Waals surface area contributed by atoms with E-state index in [1.165, 1.54) is 11.6 Å². The zero-order chi connectivity index (χ0) is 24.5. The van der Waals surface area contributed by atoms with Gasteiger partial charge in [-0.05, 0) is 79.0 Å². The van der Waals surface area contributed by atoms with Crippen molar-refractivity contribution in [3.05, 3.63) is 72.1 Å². The van der Waals surface area contributed by atoms with Gasteiger partial charge in [0.25, 0.3) is 0 Å². The summed E-state index contributed by atoms with van der Waals surface area (Å²) in [5.74, 6) is 1.47. The summed E-state index contributed by atoms with van der Waals surface area (Å²) < 4.78 is 44.1. The van der Waals surface area contributed by atoms with Crippen LogP contribution in [0.5, 0.6) is 5.75 Å². The maximum atomic E-state index is 12.8. The van der Waals surface area contributed by atoms with Crippen molar-refractivity contribution < 1.29 is 22.7 Å². The lowest BCUT2D eigenvalue weighted by Gasteiger charge is -2.52. The Balaban J connectivity index is 1.11. The van der Waals surface area contributed by atoms with Gasteiger partial charge in [0.1, 0.15) is 5.75 Å². The van der Waals surface area contributed by atoms with E-state index in [1.54, 1.807) is 18.3 Å². The molecule has 5 rings (SSSR count). The second kappa shape index (κ2) is 9.24. The summed E-state index contributed by atoms with van der Waals surface area (Å²) in [6, 6.07) is 11.1. The standard InChI is InChI=1S/C25H26F3N5O2/c26-25(27,28)19-6-7-22(29-16-19)35-20-4-1-3-17(13-20)18-14-24(15-18)8-11-33(12-9-24)23(34)31-21-5-2-10-30-32-21/h1-7,10,13,16,18,22,29H,8-9,11-12,14-15H2,(H,31,32,34). The van der Waals surface area contributed by atoms with Crippen molar-refractivity contribution in [2.45, 2.75) is 44.0 Å². The third-order valence-corrected chi connectivity index (χ3v) is 7.05. The highest BCUT2D eigenvalue weighted by molar-refractivity contribution is 5.88. The molecule has 1 atom stereocenters. The Morgan fingerprint density at radius 2 is 1.97 bits per heavy atom. The van der Waals surface area contributed by atoms with Gasteiger partial charge in [-0.15, -0.1) is 5.10 Å². The normalized spacial score (nSPS) is 21.6. The first-order chi connectivity index (χ1) is 16.8. The van der Waals surface area contributed by atoms with Gasteiger partial charge < -0.3 is 15.0 Å². The molecular formula is C25H26F3N5O2. The van der Waals surface area contributed by atoms with Gasteiger partial charge >= 0.3 is 12.2 Å². The van der Waals surface area contributed by atoms with E-state index in [0.717, 1.165) is 38.0 Å². The maximum absolute atomic E-state index is 12.8. The highest BCUT2D eigenvalue weighted by Gasteiger charge is 2.46. The number of carbonyl (C=O) groups excluding carboxylic acids is 1. The molecule has 10 heteroatoms. The number of amides is 2. The Morgan fingerprint density at radius 3 is 2.63 bits per heavy atom. The fourth-order valence-electron chi connectivity index (χ4n) is 5.08. The lowest BCUT2D eigenvalue weighted by atomic mass is 9.56. The zero-order valence-electron chi connectivity index (χ0n) is 19.0. The van der Waals surface area contributed by atoms with Gasteiger partial charge in [-0.1, -0.05) is 12.1 Å². The summed E-state index contributed by atoms with van der Waals surface area (Å²) in [6.45, 7) is 1.41. The van der Waals surface area contributed by atoms with Crippen molar-refractivity contribution >= 4 is 11.8 Å². The molecule has 0 radical (unpaired) electrons. The highest BCUT2D eigenvalue weighted by atomic mass is 19.4. The number of hydrogen-bond acceptors (Lipinski definition) is 5. The summed E-state index contributed by atoms with van der Waals surface area (Å²) >= 11 is 0. The molecule has 35 heavy (non-hydrogen) atoms. The van der Waals surface area contributed by atoms with Crippen molar-refractivity contribution in [1.82, 2.24) is 20.4 Å². The lowest BCUT2D eigenvalue weighted by molar-refractivity contribution is -0.0890. The number of halogens is 3. The number of carbonyl (C=O) groups is 1. The molecule has 1 unspecified atom stereocenters. The molecule has 3 heterocycles. The number of urea groups is 1. The zero-order valence-corrected chi connectivity index (χ0v) is 19.0. The highest BCUT2D eigenvalue weighted by Crippen LogP contribution is 2.56. The second-order valence-corrected chi connectivity index (χ2v) is 9.37. The number of likely N-dealkylation sites (tertiary alicyclic amines) is 1. The van der Waals surface area contributed by atoms with Crippen molar-refractivity contribution in [1.29, 1.82) is 0 Å². The fourth-order valence-corrected chi connectivity index (χ4v) is 5.08. The number of dihydropyridines is 1. The quantitative estimate of drug-likeness (QED) is 0.639. The van der Waals surface area contributed by atoms with E-state index in [2.05, 4.69) is 26.9 Å². The SMILES string of the molecule is O=C(Nc1cccnn1)N1CCC2(CC1)CC(c1cccc(OC3C=CC(C(F)(F)F)=CN3)c1)C2. The van der Waals surface area contributed by atoms with Gasteiger partial charge in [-0.25, -0.2) is 4.79 Å². The number of hydrogen-bond donors (Lipinski definition) is 2. The van der Waals surface area contributed by atoms with Crippen LogP contribution in [0.4, 0.5) is 23.8 Å². The van der Waals surface area contributed by atoms with E-state index in [0.29, 0.717) is 30.6 Å². The van der Waals surface area contributed by atoms with Crippen molar-refractivity contribution in [3.8, 4) is 5.75 Å². The monoisotopic (exact) mass is 485 g/mol. The number of benzene rings is 1. The molecule has 1 aliphatic carbocycles. The summed E-state index contributed by atoms with van der Waals surface area (Å²) in [7, 11) is 0. The van der Waals surface area contributed by atoms with E-state index >= 15 is 0 Å². The Hall–Kier alpha value is -3.56. The molecule has 1 aromatic heterocycles. The Bertz CT molecular complexity index is 1120. The minimum Gasteiger partial charge on any atom is -0.467 e. The van der Waals surface area contributed by atoms with Gasteiger partial charge in [0.15, 0.2) is 12.0 Å². The average Bonchev–Trinajstić information content (AvgIpc) is 2.83. The number of allylic oxidation sites excluding steroid dienone is 2. The molecule has 0 bridgehead atoms. The molecule has 184 valence electrons. The van der Waals surface area contributed by atoms with Gasteiger partial charge in [0.2, 0.25) is 0 Å². The number of ether oxygens (including phenoxy) is 1.